The predicted octanol–water partition coefficient (Wildman–Crippen LogP) is 2.25. The Morgan fingerprint density at radius 1 is 1.10 bits per heavy atom. The molecular formula is C17H13N11S. The van der Waals surface area contributed by atoms with Crippen molar-refractivity contribution in [1.82, 2.24) is 50.1 Å². The molecule has 12 heteroatoms. The van der Waals surface area contributed by atoms with Crippen molar-refractivity contribution < 1.29 is 0 Å². The molecule has 11 nitrogen and oxygen atoms in total. The Bertz CT molecular complexity index is 1300. The third-order valence-corrected chi connectivity index (χ3v) is 5.55. The van der Waals surface area contributed by atoms with Crippen LogP contribution in [0.15, 0.2) is 36.4 Å². The molecule has 0 aliphatic carbocycles. The summed E-state index contributed by atoms with van der Waals surface area (Å²) >= 11 is 1.53. The van der Waals surface area contributed by atoms with E-state index >= 15 is 0 Å². The first-order valence-electron chi connectivity index (χ1n) is 8.78. The zero-order valence-electron chi connectivity index (χ0n) is 15.1. The van der Waals surface area contributed by atoms with Crippen molar-refractivity contribution in [2.45, 2.75) is 13.5 Å². The van der Waals surface area contributed by atoms with Crippen molar-refractivity contribution in [2.24, 2.45) is 0 Å². The molecule has 0 saturated heterocycles. The van der Waals surface area contributed by atoms with E-state index in [-0.39, 0.29) is 0 Å². The van der Waals surface area contributed by atoms with Crippen molar-refractivity contribution >= 4 is 22.8 Å². The van der Waals surface area contributed by atoms with Gasteiger partial charge in [-0.05, 0) is 6.92 Å². The molecule has 5 aromatic rings. The monoisotopic (exact) mass is 403 g/mol. The van der Waals surface area contributed by atoms with Crippen LogP contribution in [0.4, 0.5) is 11.5 Å². The summed E-state index contributed by atoms with van der Waals surface area (Å²) in [5, 5.41) is 25.4. The summed E-state index contributed by atoms with van der Waals surface area (Å²) in [5.41, 5.74) is 3.29. The Hall–Kier alpha value is -3.93. The highest BCUT2D eigenvalue weighted by Crippen LogP contribution is 2.37. The Labute approximate surface area is 167 Å². The van der Waals surface area contributed by atoms with E-state index in [2.05, 4.69) is 40.6 Å². The molecule has 0 unspecified atom stereocenters. The van der Waals surface area contributed by atoms with Crippen LogP contribution >= 0.6 is 11.3 Å². The summed E-state index contributed by atoms with van der Waals surface area (Å²) in [4.78, 5) is 15.9. The van der Waals surface area contributed by atoms with E-state index in [0.717, 1.165) is 45.1 Å². The van der Waals surface area contributed by atoms with Gasteiger partial charge in [0.1, 0.15) is 22.2 Å². The Kier molecular flexibility index (Phi) is 3.34. The number of H-pyrrole nitrogens is 2. The van der Waals surface area contributed by atoms with E-state index in [1.807, 2.05) is 28.0 Å². The van der Waals surface area contributed by atoms with Gasteiger partial charge in [-0.15, -0.1) is 21.5 Å². The average molecular weight is 403 g/mol. The lowest BCUT2D eigenvalue weighted by molar-refractivity contribution is 0.768. The van der Waals surface area contributed by atoms with Crippen molar-refractivity contribution in [2.75, 3.05) is 4.90 Å². The third kappa shape index (κ3) is 2.39. The van der Waals surface area contributed by atoms with Crippen molar-refractivity contribution in [3.8, 4) is 27.8 Å². The number of aromatic nitrogens is 10. The van der Waals surface area contributed by atoms with Gasteiger partial charge in [0.2, 0.25) is 0 Å². The molecule has 6 heterocycles. The molecular weight excluding hydrogens is 390 g/mol. The fraction of sp³-hybridized carbons (Fsp3) is 0.118. The second-order valence-corrected chi connectivity index (χ2v) is 7.33. The van der Waals surface area contributed by atoms with Gasteiger partial charge in [-0.25, -0.2) is 15.0 Å². The summed E-state index contributed by atoms with van der Waals surface area (Å²) in [6, 6.07) is 0. The summed E-state index contributed by atoms with van der Waals surface area (Å²) in [7, 11) is 0. The van der Waals surface area contributed by atoms with Crippen LogP contribution in [0.1, 0.15) is 11.6 Å². The van der Waals surface area contributed by atoms with E-state index < -0.39 is 0 Å². The summed E-state index contributed by atoms with van der Waals surface area (Å²) in [6.07, 6.45) is 8.85. The molecule has 29 heavy (non-hydrogen) atoms. The van der Waals surface area contributed by atoms with Crippen molar-refractivity contribution in [3.63, 3.8) is 0 Å². The number of fused-ring (bicyclic) bond motifs is 3. The largest absolute Gasteiger partial charge is 0.314 e. The molecule has 5 aromatic heterocycles. The van der Waals surface area contributed by atoms with Crippen LogP contribution in [0, 0.1) is 6.92 Å². The molecule has 1 aliphatic heterocycles. The van der Waals surface area contributed by atoms with Crippen LogP contribution in [-0.4, -0.2) is 50.1 Å². The maximum Gasteiger partial charge on any atom is 0.165 e. The number of anilines is 2. The zero-order chi connectivity index (χ0) is 19.4. The molecule has 0 bridgehead atoms. The molecule has 0 saturated carbocycles. The maximum absolute atomic E-state index is 4.90. The topological polar surface area (TPSA) is 130 Å². The predicted molar refractivity (Wildman–Crippen MR) is 105 cm³/mol. The van der Waals surface area contributed by atoms with E-state index in [1.165, 1.54) is 11.3 Å². The lowest BCUT2D eigenvalue weighted by atomic mass is 10.2. The number of rotatable bonds is 3. The van der Waals surface area contributed by atoms with Crippen molar-refractivity contribution in [1.29, 1.82) is 0 Å². The molecule has 0 amide bonds. The fourth-order valence-corrected chi connectivity index (χ4v) is 4.11. The van der Waals surface area contributed by atoms with Crippen LogP contribution in [0.3, 0.4) is 0 Å². The van der Waals surface area contributed by atoms with Crippen molar-refractivity contribution in [3.05, 3.63) is 48.0 Å². The smallest absolute Gasteiger partial charge is 0.165 e. The molecule has 0 radical (unpaired) electrons. The molecule has 0 atom stereocenters. The number of hydrogen-bond donors (Lipinski definition) is 2. The summed E-state index contributed by atoms with van der Waals surface area (Å²) < 4.78 is 1.98. The standard InChI is InChI=1S/C17H13N11S/c1-9-24-25-13-8-27(10-4-20-21-5-10)16-12(28(9)13)7-19-15(23-16)11-6-22-26-14(11)17-18-2-3-29-17/h2-7H,8H2,1H3,(H,20,21)(H,22,26). The van der Waals surface area contributed by atoms with Gasteiger partial charge in [0.05, 0.1) is 36.4 Å². The van der Waals surface area contributed by atoms with Crippen LogP contribution in [0.25, 0.3) is 27.8 Å². The molecule has 6 rings (SSSR count). The van der Waals surface area contributed by atoms with Crippen LogP contribution in [0.2, 0.25) is 0 Å². The minimum absolute atomic E-state index is 0.522. The lowest BCUT2D eigenvalue weighted by Gasteiger charge is -2.29. The zero-order valence-corrected chi connectivity index (χ0v) is 15.9. The number of nitrogens with one attached hydrogen (secondary N) is 2. The van der Waals surface area contributed by atoms with E-state index in [4.69, 9.17) is 4.98 Å². The van der Waals surface area contributed by atoms with Crippen LogP contribution in [0.5, 0.6) is 0 Å². The Morgan fingerprint density at radius 3 is 2.90 bits per heavy atom. The maximum atomic E-state index is 4.90. The Balaban J connectivity index is 1.55. The second kappa shape index (κ2) is 6.04. The lowest BCUT2D eigenvalue weighted by Crippen LogP contribution is -2.27. The highest BCUT2D eigenvalue weighted by atomic mass is 32.1. The first-order chi connectivity index (χ1) is 14.3. The molecule has 142 valence electrons. The normalized spacial score (nSPS) is 12.8. The molecule has 2 N–H and O–H groups in total. The van der Waals surface area contributed by atoms with E-state index in [1.54, 1.807) is 24.8 Å². The van der Waals surface area contributed by atoms with Gasteiger partial charge in [0.25, 0.3) is 0 Å². The summed E-state index contributed by atoms with van der Waals surface area (Å²) in [5.74, 6) is 2.92. The SMILES string of the molecule is Cc1nnc2n1-c1cnc(-c3cn[nH]c3-c3nccs3)nc1N(c1cn[nH]c1)C2. The average Bonchev–Trinajstić information content (AvgIpc) is 3.54. The van der Waals surface area contributed by atoms with Crippen LogP contribution in [-0.2, 0) is 6.54 Å². The summed E-state index contributed by atoms with van der Waals surface area (Å²) in [6.45, 7) is 2.44. The quantitative estimate of drug-likeness (QED) is 0.469. The minimum atomic E-state index is 0.522. The highest BCUT2D eigenvalue weighted by molar-refractivity contribution is 7.13. The van der Waals surface area contributed by atoms with Gasteiger partial charge in [0, 0.05) is 17.8 Å². The van der Waals surface area contributed by atoms with Gasteiger partial charge in [-0.1, -0.05) is 0 Å². The molecule has 0 aromatic carbocycles. The van der Waals surface area contributed by atoms with Gasteiger partial charge in [0.15, 0.2) is 17.5 Å². The second-order valence-electron chi connectivity index (χ2n) is 6.44. The third-order valence-electron chi connectivity index (χ3n) is 4.76. The number of aryl methyl sites for hydroxylation is 1. The number of hydrogen-bond acceptors (Lipinski definition) is 9. The molecule has 0 fully saturated rings. The molecule has 1 aliphatic rings. The molecule has 0 spiro atoms. The Morgan fingerprint density at radius 2 is 2.07 bits per heavy atom. The number of thiazole rings is 1. The first-order valence-corrected chi connectivity index (χ1v) is 9.66. The van der Waals surface area contributed by atoms with E-state index in [9.17, 15) is 0 Å². The van der Waals surface area contributed by atoms with E-state index in [0.29, 0.717) is 12.4 Å². The first kappa shape index (κ1) is 16.1. The highest BCUT2D eigenvalue weighted by Gasteiger charge is 2.29. The number of nitrogens with zero attached hydrogens (tertiary/aromatic N) is 9. The van der Waals surface area contributed by atoms with Gasteiger partial charge < -0.3 is 4.90 Å². The van der Waals surface area contributed by atoms with Crippen LogP contribution < -0.4 is 4.90 Å². The van der Waals surface area contributed by atoms with Gasteiger partial charge in [-0.2, -0.15) is 10.2 Å². The fourth-order valence-electron chi connectivity index (χ4n) is 3.46. The number of aromatic amines is 2. The minimum Gasteiger partial charge on any atom is -0.314 e. The van der Waals surface area contributed by atoms with Gasteiger partial charge in [-0.3, -0.25) is 14.8 Å². The van der Waals surface area contributed by atoms with Gasteiger partial charge >= 0.3 is 0 Å².